The van der Waals surface area contributed by atoms with Gasteiger partial charge in [0.2, 0.25) is 11.5 Å². The maximum atomic E-state index is 8.90. The molecule has 6 heteroatoms. The van der Waals surface area contributed by atoms with Gasteiger partial charge in [-0.15, -0.1) is 0 Å². The summed E-state index contributed by atoms with van der Waals surface area (Å²) in [4.78, 5) is 4.17. The summed E-state index contributed by atoms with van der Waals surface area (Å²) in [5.41, 5.74) is 1.58. The van der Waals surface area contributed by atoms with Crippen molar-refractivity contribution in [2.75, 3.05) is 5.32 Å². The van der Waals surface area contributed by atoms with E-state index in [1.165, 1.54) is 0 Å². The molecule has 1 aromatic carbocycles. The molecule has 112 valence electrons. The lowest BCUT2D eigenvalue weighted by atomic mass is 10.1. The van der Waals surface area contributed by atoms with Gasteiger partial charge in [0, 0.05) is 12.6 Å². The molecule has 0 spiro atoms. The number of anilines is 1. The minimum atomic E-state index is -0.0930. The van der Waals surface area contributed by atoms with Crippen LogP contribution >= 0.6 is 0 Å². The zero-order valence-corrected chi connectivity index (χ0v) is 12.6. The van der Waals surface area contributed by atoms with Gasteiger partial charge in [0.1, 0.15) is 12.4 Å². The number of nitriles is 1. The zero-order chi connectivity index (χ0) is 15.7. The number of hydrogen-bond donors (Lipinski definition) is 2. The van der Waals surface area contributed by atoms with E-state index in [-0.39, 0.29) is 11.2 Å². The van der Waals surface area contributed by atoms with Gasteiger partial charge in [-0.3, -0.25) is 9.98 Å². The normalized spacial score (nSPS) is 14.8. The van der Waals surface area contributed by atoms with Crippen LogP contribution in [0.4, 0.5) is 5.82 Å². The molecule has 0 bridgehead atoms. The van der Waals surface area contributed by atoms with E-state index in [1.54, 1.807) is 18.2 Å². The van der Waals surface area contributed by atoms with Crippen LogP contribution in [0.15, 0.2) is 30.3 Å². The molecule has 0 saturated heterocycles. The fourth-order valence-corrected chi connectivity index (χ4v) is 2.51. The SMILES string of the molecule is CC1(C)Cn2c(cc(OCc3cccc(C#N)c3)nc2=N)N1. The van der Waals surface area contributed by atoms with E-state index >= 15 is 0 Å². The van der Waals surface area contributed by atoms with Crippen molar-refractivity contribution < 1.29 is 4.74 Å². The summed E-state index contributed by atoms with van der Waals surface area (Å²) >= 11 is 0. The number of nitrogens with zero attached hydrogens (tertiary/aromatic N) is 3. The van der Waals surface area contributed by atoms with Gasteiger partial charge in [-0.2, -0.15) is 10.2 Å². The molecule has 2 N–H and O–H groups in total. The molecule has 22 heavy (non-hydrogen) atoms. The smallest absolute Gasteiger partial charge is 0.226 e. The molecule has 0 aliphatic carbocycles. The summed E-state index contributed by atoms with van der Waals surface area (Å²) < 4.78 is 7.49. The number of benzene rings is 1. The first-order valence-electron chi connectivity index (χ1n) is 7.03. The Bertz CT molecular complexity index is 816. The molecule has 1 aliphatic rings. The Labute approximate surface area is 128 Å². The first-order chi connectivity index (χ1) is 10.5. The van der Waals surface area contributed by atoms with Crippen LogP contribution in [-0.2, 0) is 13.2 Å². The van der Waals surface area contributed by atoms with E-state index in [0.29, 0.717) is 24.6 Å². The lowest BCUT2D eigenvalue weighted by Gasteiger charge is -2.16. The number of fused-ring (bicyclic) bond motifs is 1. The fraction of sp³-hybridized carbons (Fsp3) is 0.312. The fourth-order valence-electron chi connectivity index (χ4n) is 2.51. The maximum Gasteiger partial charge on any atom is 0.226 e. The third-order valence-corrected chi connectivity index (χ3v) is 3.49. The molecule has 0 atom stereocenters. The summed E-state index contributed by atoms with van der Waals surface area (Å²) in [7, 11) is 0. The van der Waals surface area contributed by atoms with Gasteiger partial charge in [-0.1, -0.05) is 12.1 Å². The standard InChI is InChI=1S/C16H17N5O/c1-16(2)10-21-13(20-16)7-14(19-15(21)18)22-9-12-5-3-4-11(6-12)8-17/h3-7,18,20H,9-10H2,1-2H3. The van der Waals surface area contributed by atoms with Crippen LogP contribution < -0.4 is 15.7 Å². The lowest BCUT2D eigenvalue weighted by Crippen LogP contribution is -2.30. The number of rotatable bonds is 3. The van der Waals surface area contributed by atoms with E-state index in [2.05, 4.69) is 30.2 Å². The van der Waals surface area contributed by atoms with Crippen LogP contribution in [0, 0.1) is 16.7 Å². The van der Waals surface area contributed by atoms with Crippen molar-refractivity contribution in [1.29, 1.82) is 10.7 Å². The molecule has 3 rings (SSSR count). The highest BCUT2D eigenvalue weighted by atomic mass is 16.5. The summed E-state index contributed by atoms with van der Waals surface area (Å²) in [6, 6.07) is 11.2. The van der Waals surface area contributed by atoms with E-state index in [9.17, 15) is 0 Å². The van der Waals surface area contributed by atoms with Gasteiger partial charge in [0.15, 0.2) is 0 Å². The topological polar surface area (TPSA) is 86.7 Å². The maximum absolute atomic E-state index is 8.90. The van der Waals surface area contributed by atoms with Crippen LogP contribution in [0.25, 0.3) is 0 Å². The second-order valence-corrected chi connectivity index (χ2v) is 6.00. The Morgan fingerprint density at radius 3 is 3.05 bits per heavy atom. The predicted octanol–water partition coefficient (Wildman–Crippen LogP) is 2.02. The largest absolute Gasteiger partial charge is 0.473 e. The highest BCUT2D eigenvalue weighted by Gasteiger charge is 2.28. The van der Waals surface area contributed by atoms with Gasteiger partial charge in [0.25, 0.3) is 0 Å². The minimum absolute atomic E-state index is 0.0930. The lowest BCUT2D eigenvalue weighted by molar-refractivity contribution is 0.290. The van der Waals surface area contributed by atoms with E-state index in [1.807, 2.05) is 16.7 Å². The second-order valence-electron chi connectivity index (χ2n) is 6.00. The number of aromatic nitrogens is 2. The summed E-state index contributed by atoms with van der Waals surface area (Å²) in [6.45, 7) is 5.17. The zero-order valence-electron chi connectivity index (χ0n) is 12.6. The highest BCUT2D eigenvalue weighted by Crippen LogP contribution is 2.25. The Morgan fingerprint density at radius 1 is 1.45 bits per heavy atom. The Balaban J connectivity index is 1.79. The van der Waals surface area contributed by atoms with E-state index < -0.39 is 0 Å². The number of hydrogen-bond acceptors (Lipinski definition) is 5. The van der Waals surface area contributed by atoms with Crippen LogP contribution in [-0.4, -0.2) is 15.1 Å². The predicted molar refractivity (Wildman–Crippen MR) is 81.3 cm³/mol. The average Bonchev–Trinajstić information content (AvgIpc) is 2.80. The molecule has 1 aliphatic heterocycles. The van der Waals surface area contributed by atoms with Crippen molar-refractivity contribution in [3.8, 4) is 11.9 Å². The summed E-state index contributed by atoms with van der Waals surface area (Å²) in [5, 5.41) is 20.3. The molecule has 0 fully saturated rings. The van der Waals surface area contributed by atoms with Crippen LogP contribution in [0.3, 0.4) is 0 Å². The van der Waals surface area contributed by atoms with Crippen molar-refractivity contribution >= 4 is 5.82 Å². The average molecular weight is 295 g/mol. The summed E-state index contributed by atoms with van der Waals surface area (Å²) in [6.07, 6.45) is 0. The Kier molecular flexibility index (Phi) is 3.33. The van der Waals surface area contributed by atoms with Gasteiger partial charge >= 0.3 is 0 Å². The molecule has 2 aromatic rings. The molecule has 1 aromatic heterocycles. The second kappa shape index (κ2) is 5.19. The van der Waals surface area contributed by atoms with Crippen LogP contribution in [0.1, 0.15) is 25.0 Å². The minimum Gasteiger partial charge on any atom is -0.473 e. The first-order valence-corrected chi connectivity index (χ1v) is 7.03. The number of nitrogens with one attached hydrogen (secondary N) is 2. The van der Waals surface area contributed by atoms with Crippen molar-refractivity contribution in [3.05, 3.63) is 47.1 Å². The molecule has 0 amide bonds. The molecular weight excluding hydrogens is 278 g/mol. The van der Waals surface area contributed by atoms with Crippen LogP contribution in [0.2, 0.25) is 0 Å². The quantitative estimate of drug-likeness (QED) is 0.907. The molecular formula is C16H17N5O. The summed E-state index contributed by atoms with van der Waals surface area (Å²) in [5.74, 6) is 1.24. The third kappa shape index (κ3) is 2.79. The van der Waals surface area contributed by atoms with Crippen molar-refractivity contribution in [2.24, 2.45) is 0 Å². The third-order valence-electron chi connectivity index (χ3n) is 3.49. The van der Waals surface area contributed by atoms with E-state index in [4.69, 9.17) is 15.4 Å². The molecule has 0 radical (unpaired) electrons. The van der Waals surface area contributed by atoms with Crippen LogP contribution in [0.5, 0.6) is 5.88 Å². The van der Waals surface area contributed by atoms with Crippen molar-refractivity contribution in [3.63, 3.8) is 0 Å². The number of ether oxygens (including phenoxy) is 1. The molecule has 0 saturated carbocycles. The first kappa shape index (κ1) is 14.1. The van der Waals surface area contributed by atoms with Crippen molar-refractivity contribution in [2.45, 2.75) is 32.5 Å². The van der Waals surface area contributed by atoms with Gasteiger partial charge in [-0.05, 0) is 31.5 Å². The molecule has 0 unspecified atom stereocenters. The van der Waals surface area contributed by atoms with E-state index in [0.717, 1.165) is 11.4 Å². The highest BCUT2D eigenvalue weighted by molar-refractivity contribution is 5.44. The van der Waals surface area contributed by atoms with Gasteiger partial charge < -0.3 is 10.1 Å². The van der Waals surface area contributed by atoms with Crippen molar-refractivity contribution in [1.82, 2.24) is 9.55 Å². The van der Waals surface area contributed by atoms with Gasteiger partial charge in [-0.25, -0.2) is 0 Å². The van der Waals surface area contributed by atoms with Gasteiger partial charge in [0.05, 0.1) is 17.2 Å². The Hall–Kier alpha value is -2.81. The monoisotopic (exact) mass is 295 g/mol. The molecule has 2 heterocycles. The Morgan fingerprint density at radius 2 is 2.27 bits per heavy atom. The molecule has 6 nitrogen and oxygen atoms in total.